The summed E-state index contributed by atoms with van der Waals surface area (Å²) >= 11 is 5.77. The van der Waals surface area contributed by atoms with Crippen LogP contribution in [-0.2, 0) is 4.79 Å². The predicted octanol–water partition coefficient (Wildman–Crippen LogP) is 1.95. The molecule has 1 aromatic carbocycles. The van der Waals surface area contributed by atoms with Gasteiger partial charge in [0.2, 0.25) is 5.91 Å². The molecule has 6 heteroatoms. The van der Waals surface area contributed by atoms with Crippen molar-refractivity contribution < 1.29 is 19.1 Å². The predicted molar refractivity (Wildman–Crippen MR) is 72.2 cm³/mol. The third-order valence-electron chi connectivity index (χ3n) is 2.40. The first-order valence-electron chi connectivity index (χ1n) is 5.60. The van der Waals surface area contributed by atoms with E-state index in [1.54, 1.807) is 12.1 Å². The highest BCUT2D eigenvalue weighted by Crippen LogP contribution is 2.20. The van der Waals surface area contributed by atoms with Crippen LogP contribution in [0.25, 0.3) is 6.08 Å². The number of nitrogens with one attached hydrogen (secondary N) is 1. The number of anilines is 1. The second-order valence-electron chi connectivity index (χ2n) is 3.82. The van der Waals surface area contributed by atoms with Gasteiger partial charge in [0.1, 0.15) is 5.76 Å². The normalized spacial score (nSPS) is 10.7. The summed E-state index contributed by atoms with van der Waals surface area (Å²) in [5.74, 6) is -1.40. The standard InChI is InChI=1S/C14H10ClNO4/c15-9-3-5-11(14(18)19)12(8-9)16-13(17)6-4-10-2-1-7-20-10/h1-8H,(H,16,17)(H,18,19)/p-1/b6-4+. The van der Waals surface area contributed by atoms with Crippen molar-refractivity contribution in [1.29, 1.82) is 0 Å². The van der Waals surface area contributed by atoms with Gasteiger partial charge in [-0.05, 0) is 36.4 Å². The number of hydrogen-bond acceptors (Lipinski definition) is 4. The molecule has 1 heterocycles. The van der Waals surface area contributed by atoms with Gasteiger partial charge in [-0.1, -0.05) is 11.6 Å². The van der Waals surface area contributed by atoms with Crippen LogP contribution in [0.3, 0.4) is 0 Å². The molecule has 0 unspecified atom stereocenters. The van der Waals surface area contributed by atoms with Crippen LogP contribution in [0.4, 0.5) is 5.69 Å². The fourth-order valence-corrected chi connectivity index (χ4v) is 1.69. The Morgan fingerprint density at radius 3 is 2.75 bits per heavy atom. The lowest BCUT2D eigenvalue weighted by molar-refractivity contribution is -0.254. The van der Waals surface area contributed by atoms with Crippen LogP contribution < -0.4 is 10.4 Å². The minimum absolute atomic E-state index is 0.0756. The smallest absolute Gasteiger partial charge is 0.248 e. The zero-order valence-electron chi connectivity index (χ0n) is 10.1. The fourth-order valence-electron chi connectivity index (χ4n) is 1.52. The van der Waals surface area contributed by atoms with Gasteiger partial charge in [-0.2, -0.15) is 0 Å². The summed E-state index contributed by atoms with van der Waals surface area (Å²) in [7, 11) is 0. The van der Waals surface area contributed by atoms with Crippen molar-refractivity contribution in [2.45, 2.75) is 0 Å². The van der Waals surface area contributed by atoms with Gasteiger partial charge in [0.25, 0.3) is 0 Å². The summed E-state index contributed by atoms with van der Waals surface area (Å²) in [6, 6.07) is 7.37. The summed E-state index contributed by atoms with van der Waals surface area (Å²) in [6.45, 7) is 0. The van der Waals surface area contributed by atoms with Gasteiger partial charge in [0.15, 0.2) is 0 Å². The van der Waals surface area contributed by atoms with Crippen LogP contribution in [0, 0.1) is 0 Å². The maximum atomic E-state index is 11.7. The van der Waals surface area contributed by atoms with Gasteiger partial charge in [-0.3, -0.25) is 4.79 Å². The lowest BCUT2D eigenvalue weighted by atomic mass is 10.2. The number of furan rings is 1. The number of aromatic carboxylic acids is 1. The summed E-state index contributed by atoms with van der Waals surface area (Å²) < 4.78 is 5.02. The number of amides is 1. The number of halogens is 1. The van der Waals surface area contributed by atoms with E-state index in [4.69, 9.17) is 16.0 Å². The Hall–Kier alpha value is -2.53. The van der Waals surface area contributed by atoms with E-state index in [2.05, 4.69) is 5.32 Å². The quantitative estimate of drug-likeness (QED) is 0.873. The molecule has 2 rings (SSSR count). The first-order chi connectivity index (χ1) is 9.56. The monoisotopic (exact) mass is 290 g/mol. The summed E-state index contributed by atoms with van der Waals surface area (Å²) in [5, 5.41) is 13.6. The Kier molecular flexibility index (Phi) is 4.22. The van der Waals surface area contributed by atoms with Gasteiger partial charge in [0, 0.05) is 16.7 Å². The van der Waals surface area contributed by atoms with E-state index in [1.807, 2.05) is 0 Å². The second-order valence-corrected chi connectivity index (χ2v) is 4.25. The van der Waals surface area contributed by atoms with E-state index in [0.29, 0.717) is 10.8 Å². The van der Waals surface area contributed by atoms with Gasteiger partial charge in [0.05, 0.1) is 17.9 Å². The van der Waals surface area contributed by atoms with E-state index < -0.39 is 11.9 Å². The van der Waals surface area contributed by atoms with Crippen molar-refractivity contribution in [2.75, 3.05) is 5.32 Å². The molecule has 1 N–H and O–H groups in total. The molecule has 2 aromatic rings. The average Bonchev–Trinajstić information content (AvgIpc) is 2.89. The van der Waals surface area contributed by atoms with Crippen LogP contribution in [0.15, 0.2) is 47.1 Å². The van der Waals surface area contributed by atoms with Crippen molar-refractivity contribution >= 4 is 35.2 Å². The van der Waals surface area contributed by atoms with E-state index in [-0.39, 0.29) is 11.3 Å². The third kappa shape index (κ3) is 3.49. The Labute approximate surface area is 119 Å². The molecule has 0 fully saturated rings. The molecule has 0 spiro atoms. The van der Waals surface area contributed by atoms with Gasteiger partial charge in [-0.15, -0.1) is 0 Å². The molecule has 0 radical (unpaired) electrons. The first kappa shape index (κ1) is 13.9. The molecule has 0 aliphatic heterocycles. The highest BCUT2D eigenvalue weighted by atomic mass is 35.5. The number of carboxylic acid groups (broad SMARTS) is 1. The van der Waals surface area contributed by atoms with Crippen LogP contribution in [0.5, 0.6) is 0 Å². The number of hydrogen-bond donors (Lipinski definition) is 1. The topological polar surface area (TPSA) is 82.4 Å². The number of carbonyl (C=O) groups is 2. The summed E-state index contributed by atoms with van der Waals surface area (Å²) in [4.78, 5) is 22.6. The van der Waals surface area contributed by atoms with Crippen molar-refractivity contribution in [3.8, 4) is 0 Å². The molecular formula is C14H9ClNO4-. The Balaban J connectivity index is 2.15. The van der Waals surface area contributed by atoms with Gasteiger partial charge >= 0.3 is 0 Å². The minimum Gasteiger partial charge on any atom is -0.545 e. The molecule has 1 aromatic heterocycles. The van der Waals surface area contributed by atoms with Crippen LogP contribution in [-0.4, -0.2) is 11.9 Å². The van der Waals surface area contributed by atoms with Crippen molar-refractivity contribution in [1.82, 2.24) is 0 Å². The first-order valence-corrected chi connectivity index (χ1v) is 5.97. The molecule has 5 nitrogen and oxygen atoms in total. The zero-order chi connectivity index (χ0) is 14.5. The molecule has 102 valence electrons. The van der Waals surface area contributed by atoms with Gasteiger partial charge < -0.3 is 19.6 Å². The number of carboxylic acids is 1. The molecule has 0 aliphatic carbocycles. The maximum absolute atomic E-state index is 11.7. The molecule has 1 amide bonds. The highest BCUT2D eigenvalue weighted by molar-refractivity contribution is 6.31. The fraction of sp³-hybridized carbons (Fsp3) is 0. The Morgan fingerprint density at radius 2 is 2.10 bits per heavy atom. The minimum atomic E-state index is -1.40. The Bertz CT molecular complexity index is 662. The number of rotatable bonds is 4. The zero-order valence-corrected chi connectivity index (χ0v) is 10.9. The lowest BCUT2D eigenvalue weighted by Gasteiger charge is -2.10. The van der Waals surface area contributed by atoms with Crippen LogP contribution >= 0.6 is 11.6 Å². The molecule has 0 aliphatic rings. The van der Waals surface area contributed by atoms with Gasteiger partial charge in [-0.25, -0.2) is 0 Å². The molecule has 20 heavy (non-hydrogen) atoms. The highest BCUT2D eigenvalue weighted by Gasteiger charge is 2.07. The van der Waals surface area contributed by atoms with E-state index >= 15 is 0 Å². The summed E-state index contributed by atoms with van der Waals surface area (Å²) in [5.41, 5.74) is -0.0688. The maximum Gasteiger partial charge on any atom is 0.248 e. The van der Waals surface area contributed by atoms with Crippen molar-refractivity contribution in [3.05, 3.63) is 59.0 Å². The second kappa shape index (κ2) is 6.08. The van der Waals surface area contributed by atoms with E-state index in [9.17, 15) is 14.7 Å². The molecule has 0 atom stereocenters. The van der Waals surface area contributed by atoms with E-state index in [0.717, 1.165) is 0 Å². The molecular weight excluding hydrogens is 282 g/mol. The number of benzene rings is 1. The van der Waals surface area contributed by atoms with Crippen molar-refractivity contribution in [2.24, 2.45) is 0 Å². The molecule has 0 bridgehead atoms. The summed E-state index contributed by atoms with van der Waals surface area (Å²) in [6.07, 6.45) is 4.15. The molecule has 0 saturated carbocycles. The average molecular weight is 291 g/mol. The molecule has 0 saturated heterocycles. The SMILES string of the molecule is O=C(/C=C/c1ccco1)Nc1cc(Cl)ccc1C(=O)[O-]. The third-order valence-corrected chi connectivity index (χ3v) is 2.64. The largest absolute Gasteiger partial charge is 0.545 e. The Morgan fingerprint density at radius 1 is 1.30 bits per heavy atom. The van der Waals surface area contributed by atoms with Crippen LogP contribution in [0.1, 0.15) is 16.1 Å². The van der Waals surface area contributed by atoms with E-state index in [1.165, 1.54) is 36.6 Å². The lowest BCUT2D eigenvalue weighted by Crippen LogP contribution is -2.24. The van der Waals surface area contributed by atoms with Crippen molar-refractivity contribution in [3.63, 3.8) is 0 Å². The van der Waals surface area contributed by atoms with Crippen LogP contribution in [0.2, 0.25) is 5.02 Å². The number of carbonyl (C=O) groups excluding carboxylic acids is 2.